The third-order valence-corrected chi connectivity index (χ3v) is 4.78. The Hall–Kier alpha value is -2.63. The molecule has 1 aliphatic carbocycles. The number of benzene rings is 1. The first-order valence-electron chi connectivity index (χ1n) is 8.50. The third-order valence-electron chi connectivity index (χ3n) is 4.78. The average molecular weight is 360 g/mol. The first kappa shape index (κ1) is 19.7. The maximum absolute atomic E-state index is 12.4. The second-order valence-corrected chi connectivity index (χ2v) is 6.32. The van der Waals surface area contributed by atoms with Crippen LogP contribution in [0.1, 0.15) is 48.5 Å². The second-order valence-electron chi connectivity index (χ2n) is 6.32. The summed E-state index contributed by atoms with van der Waals surface area (Å²) in [7, 11) is 3.88. The minimum Gasteiger partial charge on any atom is -0.468 e. The van der Waals surface area contributed by atoms with Gasteiger partial charge in [-0.1, -0.05) is 31.1 Å². The van der Waals surface area contributed by atoms with E-state index < -0.39 is 23.3 Å². The predicted octanol–water partition coefficient (Wildman–Crippen LogP) is 3.15. The van der Waals surface area contributed by atoms with E-state index in [0.717, 1.165) is 29.6 Å². The van der Waals surface area contributed by atoms with Crippen molar-refractivity contribution in [2.24, 2.45) is 5.41 Å². The van der Waals surface area contributed by atoms with E-state index in [4.69, 9.17) is 14.2 Å². The minimum atomic E-state index is -1.34. The summed E-state index contributed by atoms with van der Waals surface area (Å²) in [6.07, 6.45) is 2.16. The van der Waals surface area contributed by atoms with Crippen molar-refractivity contribution in [3.05, 3.63) is 41.0 Å². The van der Waals surface area contributed by atoms with E-state index in [9.17, 15) is 14.4 Å². The molecule has 0 amide bonds. The molecule has 1 aromatic rings. The lowest BCUT2D eigenvalue weighted by atomic mass is 9.83. The molecule has 0 fully saturated rings. The highest BCUT2D eigenvalue weighted by molar-refractivity contribution is 6.04. The van der Waals surface area contributed by atoms with Crippen molar-refractivity contribution in [2.45, 2.75) is 32.6 Å². The Morgan fingerprint density at radius 1 is 0.923 bits per heavy atom. The lowest BCUT2D eigenvalue weighted by Crippen LogP contribution is -2.39. The van der Waals surface area contributed by atoms with Crippen molar-refractivity contribution < 1.29 is 28.6 Å². The molecule has 0 unspecified atom stereocenters. The van der Waals surface area contributed by atoms with E-state index >= 15 is 0 Å². The highest BCUT2D eigenvalue weighted by Gasteiger charge is 2.53. The van der Waals surface area contributed by atoms with Crippen molar-refractivity contribution in [3.63, 3.8) is 0 Å². The number of esters is 3. The van der Waals surface area contributed by atoms with Gasteiger partial charge < -0.3 is 14.2 Å². The molecule has 26 heavy (non-hydrogen) atoms. The molecule has 2 rings (SSSR count). The molecule has 6 heteroatoms. The second kappa shape index (κ2) is 8.17. The van der Waals surface area contributed by atoms with E-state index in [0.29, 0.717) is 5.56 Å². The molecule has 1 aliphatic rings. The van der Waals surface area contributed by atoms with Crippen LogP contribution in [0.3, 0.4) is 0 Å². The SMILES string of the molecule is CCCC1=C(c2ccc(C(=O)OC)cc2)CC(C(=O)OC)(C(=O)OC)C1. The van der Waals surface area contributed by atoms with Crippen LogP contribution in [0.5, 0.6) is 0 Å². The first-order valence-corrected chi connectivity index (χ1v) is 8.50. The van der Waals surface area contributed by atoms with E-state index in [1.807, 2.05) is 19.1 Å². The van der Waals surface area contributed by atoms with Crippen LogP contribution in [0.2, 0.25) is 0 Å². The molecule has 0 saturated carbocycles. The highest BCUT2D eigenvalue weighted by Crippen LogP contribution is 2.49. The lowest BCUT2D eigenvalue weighted by Gasteiger charge is -2.23. The molecule has 0 saturated heterocycles. The van der Waals surface area contributed by atoms with E-state index in [2.05, 4.69) is 0 Å². The van der Waals surface area contributed by atoms with Crippen LogP contribution >= 0.6 is 0 Å². The number of methoxy groups -OCH3 is 3. The summed E-state index contributed by atoms with van der Waals surface area (Å²) in [5.74, 6) is -1.58. The summed E-state index contributed by atoms with van der Waals surface area (Å²) in [6, 6.07) is 6.96. The van der Waals surface area contributed by atoms with Gasteiger partial charge in [-0.25, -0.2) is 4.79 Å². The fourth-order valence-corrected chi connectivity index (χ4v) is 3.50. The number of allylic oxidation sites excluding steroid dienone is 2. The fraction of sp³-hybridized carbons (Fsp3) is 0.450. The number of ether oxygens (including phenoxy) is 3. The van der Waals surface area contributed by atoms with Crippen LogP contribution in [0.15, 0.2) is 29.8 Å². The van der Waals surface area contributed by atoms with Crippen LogP contribution in [0.25, 0.3) is 5.57 Å². The third kappa shape index (κ3) is 3.49. The van der Waals surface area contributed by atoms with Crippen molar-refractivity contribution in [1.82, 2.24) is 0 Å². The molecule has 6 nitrogen and oxygen atoms in total. The molecule has 0 N–H and O–H groups in total. The number of rotatable bonds is 6. The zero-order valence-electron chi connectivity index (χ0n) is 15.6. The molecule has 140 valence electrons. The van der Waals surface area contributed by atoms with Gasteiger partial charge in [0, 0.05) is 6.42 Å². The summed E-state index contributed by atoms with van der Waals surface area (Å²) < 4.78 is 14.5. The lowest BCUT2D eigenvalue weighted by molar-refractivity contribution is -0.168. The van der Waals surface area contributed by atoms with Gasteiger partial charge in [0.15, 0.2) is 5.41 Å². The molecule has 0 radical (unpaired) electrons. The van der Waals surface area contributed by atoms with Gasteiger partial charge in [-0.2, -0.15) is 0 Å². The van der Waals surface area contributed by atoms with Gasteiger partial charge in [0.2, 0.25) is 0 Å². The van der Waals surface area contributed by atoms with Crippen LogP contribution in [-0.4, -0.2) is 39.2 Å². The molecule has 1 aromatic carbocycles. The molecule has 0 spiro atoms. The summed E-state index contributed by atoms with van der Waals surface area (Å²) in [4.78, 5) is 36.5. The standard InChI is InChI=1S/C20H24O6/c1-5-6-15-11-20(18(22)25-3,19(23)26-4)12-16(15)13-7-9-14(10-8-13)17(21)24-2/h7-10H,5-6,11-12H2,1-4H3. The number of carbonyl (C=O) groups excluding carboxylic acids is 3. The molecular weight excluding hydrogens is 336 g/mol. The molecule has 0 aromatic heterocycles. The van der Waals surface area contributed by atoms with Crippen LogP contribution in [-0.2, 0) is 23.8 Å². The quantitative estimate of drug-likeness (QED) is 0.440. The monoisotopic (exact) mass is 360 g/mol. The van der Waals surface area contributed by atoms with Gasteiger partial charge in [-0.3, -0.25) is 9.59 Å². The molecular formula is C20H24O6. The number of carbonyl (C=O) groups is 3. The number of hydrogen-bond acceptors (Lipinski definition) is 6. The Kier molecular flexibility index (Phi) is 6.18. The summed E-state index contributed by atoms with van der Waals surface area (Å²) in [6.45, 7) is 2.04. The van der Waals surface area contributed by atoms with Crippen molar-refractivity contribution in [2.75, 3.05) is 21.3 Å². The van der Waals surface area contributed by atoms with Crippen LogP contribution in [0, 0.1) is 5.41 Å². The zero-order valence-corrected chi connectivity index (χ0v) is 15.6. The van der Waals surface area contributed by atoms with E-state index in [-0.39, 0.29) is 12.8 Å². The van der Waals surface area contributed by atoms with Crippen molar-refractivity contribution >= 4 is 23.5 Å². The van der Waals surface area contributed by atoms with E-state index in [1.54, 1.807) is 12.1 Å². The van der Waals surface area contributed by atoms with Crippen LogP contribution < -0.4 is 0 Å². The maximum atomic E-state index is 12.4. The van der Waals surface area contributed by atoms with Crippen molar-refractivity contribution in [1.29, 1.82) is 0 Å². The summed E-state index contributed by atoms with van der Waals surface area (Å²) in [5.41, 5.74) is 1.94. The first-order chi connectivity index (χ1) is 12.4. The Bertz CT molecular complexity index is 713. The van der Waals surface area contributed by atoms with Gasteiger partial charge in [0.25, 0.3) is 0 Å². The van der Waals surface area contributed by atoms with Gasteiger partial charge in [0.05, 0.1) is 26.9 Å². The smallest absolute Gasteiger partial charge is 0.337 e. The number of hydrogen-bond donors (Lipinski definition) is 0. The minimum absolute atomic E-state index is 0.221. The summed E-state index contributed by atoms with van der Waals surface area (Å²) in [5, 5.41) is 0. The van der Waals surface area contributed by atoms with Gasteiger partial charge in [-0.05, 0) is 36.1 Å². The Morgan fingerprint density at radius 2 is 1.50 bits per heavy atom. The Morgan fingerprint density at radius 3 is 1.96 bits per heavy atom. The summed E-state index contributed by atoms with van der Waals surface area (Å²) >= 11 is 0. The fourth-order valence-electron chi connectivity index (χ4n) is 3.50. The molecule has 0 heterocycles. The maximum Gasteiger partial charge on any atom is 0.337 e. The highest BCUT2D eigenvalue weighted by atomic mass is 16.5. The predicted molar refractivity (Wildman–Crippen MR) is 95.3 cm³/mol. The topological polar surface area (TPSA) is 78.9 Å². The molecule has 0 aliphatic heterocycles. The molecule has 0 atom stereocenters. The van der Waals surface area contributed by atoms with Crippen LogP contribution in [0.4, 0.5) is 0 Å². The Labute approximate surface area is 153 Å². The Balaban J connectivity index is 2.44. The average Bonchev–Trinajstić information content (AvgIpc) is 3.07. The van der Waals surface area contributed by atoms with Gasteiger partial charge in [-0.15, -0.1) is 0 Å². The van der Waals surface area contributed by atoms with E-state index in [1.165, 1.54) is 21.3 Å². The van der Waals surface area contributed by atoms with Gasteiger partial charge in [0.1, 0.15) is 0 Å². The van der Waals surface area contributed by atoms with Gasteiger partial charge >= 0.3 is 17.9 Å². The molecule has 0 bridgehead atoms. The zero-order chi connectivity index (χ0) is 19.3. The van der Waals surface area contributed by atoms with Crippen molar-refractivity contribution in [3.8, 4) is 0 Å². The largest absolute Gasteiger partial charge is 0.468 e. The normalized spacial score (nSPS) is 15.5.